The van der Waals surface area contributed by atoms with Crippen molar-refractivity contribution in [2.45, 2.75) is 31.2 Å². The van der Waals surface area contributed by atoms with Crippen LogP contribution in [0.5, 0.6) is 5.88 Å². The number of carbonyl (C=O) groups excluding carboxylic acids is 2. The molecule has 1 aliphatic carbocycles. The smallest absolute Gasteiger partial charge is 0.240 e. The van der Waals surface area contributed by atoms with Crippen LogP contribution in [0.2, 0.25) is 0 Å². The second-order valence-corrected chi connectivity index (χ2v) is 6.41. The number of amides is 2. The lowest BCUT2D eigenvalue weighted by Gasteiger charge is -2.23. The highest BCUT2D eigenvalue weighted by Gasteiger charge is 2.55. The van der Waals surface area contributed by atoms with Gasteiger partial charge in [0, 0.05) is 18.7 Å². The Morgan fingerprint density at radius 1 is 1.25 bits per heavy atom. The van der Waals surface area contributed by atoms with E-state index in [9.17, 15) is 9.59 Å². The number of hydrogen-bond acceptors (Lipinski definition) is 4. The molecule has 2 aliphatic rings. The number of aromatic nitrogens is 1. The average Bonchev–Trinajstić information content (AvgIpc) is 3.09. The van der Waals surface area contributed by atoms with Crippen LogP contribution < -0.4 is 4.74 Å². The fraction of sp³-hybridized carbons (Fsp3) is 0.316. The summed E-state index contributed by atoms with van der Waals surface area (Å²) in [5.41, 5.74) is 2.39. The van der Waals surface area contributed by atoms with E-state index < -0.39 is 5.41 Å². The van der Waals surface area contributed by atoms with Crippen molar-refractivity contribution in [1.29, 1.82) is 0 Å². The van der Waals surface area contributed by atoms with Crippen molar-refractivity contribution in [1.82, 2.24) is 9.88 Å². The third-order valence-electron chi connectivity index (χ3n) is 5.11. The molecule has 5 heteroatoms. The normalized spacial score (nSPS) is 22.3. The molecule has 1 saturated heterocycles. The number of pyridine rings is 1. The number of hydrogen-bond donors (Lipinski definition) is 0. The zero-order chi connectivity index (χ0) is 16.7. The molecule has 1 aromatic heterocycles. The SMILES string of the molecule is COc1cc(CN2C(=O)CC3(CCc4ccccc43)C2=O)ccn1. The van der Waals surface area contributed by atoms with Gasteiger partial charge in [0.2, 0.25) is 17.7 Å². The summed E-state index contributed by atoms with van der Waals surface area (Å²) in [7, 11) is 1.54. The maximum absolute atomic E-state index is 13.1. The van der Waals surface area contributed by atoms with Crippen LogP contribution in [-0.2, 0) is 28.0 Å². The standard InChI is InChI=1S/C19H18N2O3/c1-24-16-10-13(7-9-20-16)12-21-17(22)11-19(18(21)23)8-6-14-4-2-3-5-15(14)19/h2-5,7,9-10H,6,8,11-12H2,1H3. The van der Waals surface area contributed by atoms with Gasteiger partial charge in [-0.3, -0.25) is 14.5 Å². The molecule has 1 aromatic carbocycles. The third kappa shape index (κ3) is 2.12. The second-order valence-electron chi connectivity index (χ2n) is 6.41. The first-order valence-corrected chi connectivity index (χ1v) is 8.06. The van der Waals surface area contributed by atoms with Crippen LogP contribution in [0.15, 0.2) is 42.6 Å². The summed E-state index contributed by atoms with van der Waals surface area (Å²) in [6.07, 6.45) is 3.46. The van der Waals surface area contributed by atoms with Crippen LogP contribution in [0, 0.1) is 0 Å². The molecule has 5 nitrogen and oxygen atoms in total. The van der Waals surface area contributed by atoms with Gasteiger partial charge in [0.1, 0.15) is 0 Å². The average molecular weight is 322 g/mol. The topological polar surface area (TPSA) is 59.5 Å². The number of benzene rings is 1. The van der Waals surface area contributed by atoms with Crippen LogP contribution in [0.4, 0.5) is 0 Å². The third-order valence-corrected chi connectivity index (χ3v) is 5.11. The van der Waals surface area contributed by atoms with Gasteiger partial charge in [-0.1, -0.05) is 24.3 Å². The monoisotopic (exact) mass is 322 g/mol. The number of ether oxygens (including phenoxy) is 1. The lowest BCUT2D eigenvalue weighted by molar-refractivity contribution is -0.140. The number of fused-ring (bicyclic) bond motifs is 2. The van der Waals surface area contributed by atoms with Gasteiger partial charge in [0.25, 0.3) is 0 Å². The number of imide groups is 1. The van der Waals surface area contributed by atoms with Gasteiger partial charge in [0.15, 0.2) is 0 Å². The number of methoxy groups -OCH3 is 1. The predicted octanol–water partition coefficient (Wildman–Crippen LogP) is 2.23. The Morgan fingerprint density at radius 3 is 2.92 bits per heavy atom. The molecule has 1 spiro atoms. The van der Waals surface area contributed by atoms with E-state index in [0.717, 1.165) is 17.5 Å². The first-order chi connectivity index (χ1) is 11.6. The zero-order valence-corrected chi connectivity index (χ0v) is 13.5. The minimum atomic E-state index is -0.662. The highest BCUT2D eigenvalue weighted by Crippen LogP contribution is 2.47. The highest BCUT2D eigenvalue weighted by atomic mass is 16.5. The number of nitrogens with zero attached hydrogens (tertiary/aromatic N) is 2. The molecular weight excluding hydrogens is 304 g/mol. The molecule has 0 N–H and O–H groups in total. The van der Waals surface area contributed by atoms with Crippen molar-refractivity contribution >= 4 is 11.8 Å². The lowest BCUT2D eigenvalue weighted by Crippen LogP contribution is -2.36. The van der Waals surface area contributed by atoms with Gasteiger partial charge in [-0.25, -0.2) is 4.98 Å². The van der Waals surface area contributed by atoms with Crippen molar-refractivity contribution in [2.24, 2.45) is 0 Å². The molecule has 2 aromatic rings. The number of rotatable bonds is 3. The van der Waals surface area contributed by atoms with E-state index in [1.807, 2.05) is 18.2 Å². The summed E-state index contributed by atoms with van der Waals surface area (Å²) in [4.78, 5) is 31.1. The Morgan fingerprint density at radius 2 is 2.08 bits per heavy atom. The second kappa shape index (κ2) is 5.44. The van der Waals surface area contributed by atoms with Crippen molar-refractivity contribution in [3.05, 3.63) is 59.3 Å². The van der Waals surface area contributed by atoms with Crippen LogP contribution in [-0.4, -0.2) is 28.8 Å². The Hall–Kier alpha value is -2.69. The number of likely N-dealkylation sites (tertiary alicyclic amines) is 1. The van der Waals surface area contributed by atoms with Crippen molar-refractivity contribution in [3.8, 4) is 5.88 Å². The first-order valence-electron chi connectivity index (χ1n) is 8.06. The Labute approximate surface area is 140 Å². The van der Waals surface area contributed by atoms with E-state index in [4.69, 9.17) is 4.74 Å². The first kappa shape index (κ1) is 14.9. The molecule has 0 saturated carbocycles. The Bertz CT molecular complexity index is 833. The molecule has 4 rings (SSSR count). The summed E-state index contributed by atoms with van der Waals surface area (Å²) in [6, 6.07) is 11.5. The molecular formula is C19H18N2O3. The molecule has 1 fully saturated rings. The fourth-order valence-electron chi connectivity index (χ4n) is 3.90. The van der Waals surface area contributed by atoms with E-state index >= 15 is 0 Å². The fourth-order valence-corrected chi connectivity index (χ4v) is 3.90. The van der Waals surface area contributed by atoms with Gasteiger partial charge < -0.3 is 4.74 Å². The van der Waals surface area contributed by atoms with Crippen LogP contribution >= 0.6 is 0 Å². The molecule has 2 amide bonds. The highest BCUT2D eigenvalue weighted by molar-refractivity contribution is 6.09. The molecule has 122 valence electrons. The molecule has 1 aliphatic heterocycles. The van der Waals surface area contributed by atoms with Gasteiger partial charge in [-0.05, 0) is 35.6 Å². The van der Waals surface area contributed by atoms with E-state index in [1.54, 1.807) is 25.4 Å². The van der Waals surface area contributed by atoms with Crippen LogP contribution in [0.1, 0.15) is 29.5 Å². The molecule has 24 heavy (non-hydrogen) atoms. The quantitative estimate of drug-likeness (QED) is 0.813. The van der Waals surface area contributed by atoms with E-state index in [1.165, 1.54) is 10.5 Å². The molecule has 2 heterocycles. The van der Waals surface area contributed by atoms with E-state index in [2.05, 4.69) is 11.1 Å². The molecule has 0 bridgehead atoms. The Balaban J connectivity index is 1.65. The molecule has 0 radical (unpaired) electrons. The summed E-state index contributed by atoms with van der Waals surface area (Å²) < 4.78 is 5.11. The van der Waals surface area contributed by atoms with Gasteiger partial charge in [-0.15, -0.1) is 0 Å². The zero-order valence-electron chi connectivity index (χ0n) is 13.5. The predicted molar refractivity (Wildman–Crippen MR) is 87.4 cm³/mol. The number of aryl methyl sites for hydroxylation is 1. The van der Waals surface area contributed by atoms with Gasteiger partial charge >= 0.3 is 0 Å². The summed E-state index contributed by atoms with van der Waals surface area (Å²) in [6.45, 7) is 0.264. The number of carbonyl (C=O) groups is 2. The van der Waals surface area contributed by atoms with Crippen molar-refractivity contribution in [2.75, 3.05) is 7.11 Å². The summed E-state index contributed by atoms with van der Waals surface area (Å²) >= 11 is 0. The van der Waals surface area contributed by atoms with E-state index in [0.29, 0.717) is 12.3 Å². The van der Waals surface area contributed by atoms with Crippen LogP contribution in [0.25, 0.3) is 0 Å². The lowest BCUT2D eigenvalue weighted by atomic mass is 9.80. The van der Waals surface area contributed by atoms with Gasteiger partial charge in [0.05, 0.1) is 19.1 Å². The largest absolute Gasteiger partial charge is 0.481 e. The maximum Gasteiger partial charge on any atom is 0.240 e. The summed E-state index contributed by atoms with van der Waals surface area (Å²) in [5, 5.41) is 0. The van der Waals surface area contributed by atoms with E-state index in [-0.39, 0.29) is 24.8 Å². The molecule has 1 unspecified atom stereocenters. The maximum atomic E-state index is 13.1. The minimum Gasteiger partial charge on any atom is -0.481 e. The van der Waals surface area contributed by atoms with Crippen LogP contribution in [0.3, 0.4) is 0 Å². The summed E-state index contributed by atoms with van der Waals surface area (Å²) in [5.74, 6) is 0.299. The van der Waals surface area contributed by atoms with Gasteiger partial charge in [-0.2, -0.15) is 0 Å². The minimum absolute atomic E-state index is 0.0757. The van der Waals surface area contributed by atoms with Crippen molar-refractivity contribution < 1.29 is 14.3 Å². The molecule has 1 atom stereocenters. The van der Waals surface area contributed by atoms with Crippen molar-refractivity contribution in [3.63, 3.8) is 0 Å². The Kier molecular flexibility index (Phi) is 3.37.